The summed E-state index contributed by atoms with van der Waals surface area (Å²) in [4.78, 5) is 7.29. The van der Waals surface area contributed by atoms with Crippen molar-refractivity contribution in [3.63, 3.8) is 0 Å². The predicted octanol–water partition coefficient (Wildman–Crippen LogP) is 2.24. The zero-order valence-electron chi connectivity index (χ0n) is 14.9. The van der Waals surface area contributed by atoms with Crippen LogP contribution in [0.15, 0.2) is 34.8 Å². The Hall–Kier alpha value is -1.86. The quantitative estimate of drug-likeness (QED) is 0.871. The summed E-state index contributed by atoms with van der Waals surface area (Å²) in [6, 6.07) is 7.45. The number of methoxy groups -OCH3 is 1. The number of rotatable bonds is 5. The van der Waals surface area contributed by atoms with E-state index in [2.05, 4.69) is 21.5 Å². The molecule has 0 radical (unpaired) electrons. The van der Waals surface area contributed by atoms with Crippen LogP contribution in [0.25, 0.3) is 4.91 Å². The molecule has 1 atom stereocenters. The normalized spacial score (nSPS) is 24.8. The molecule has 0 amide bonds. The number of hydrogen-bond acceptors (Lipinski definition) is 5. The van der Waals surface area contributed by atoms with Crippen LogP contribution >= 0.6 is 0 Å². The number of benzene rings is 1. The molecule has 2 aliphatic heterocycles. The van der Waals surface area contributed by atoms with Gasteiger partial charge < -0.3 is 4.74 Å². The molecule has 25 heavy (non-hydrogen) atoms. The van der Waals surface area contributed by atoms with Gasteiger partial charge in [-0.05, 0) is 62.7 Å². The van der Waals surface area contributed by atoms with Crippen molar-refractivity contribution in [2.24, 2.45) is 4.99 Å². The molecule has 0 spiro atoms. The van der Waals surface area contributed by atoms with Crippen LogP contribution in [0, 0.1) is 0 Å². The van der Waals surface area contributed by atoms with Gasteiger partial charge in [-0.15, -0.1) is 0 Å². The molecule has 1 saturated heterocycles. The van der Waals surface area contributed by atoms with Crippen LogP contribution in [-0.4, -0.2) is 51.9 Å². The van der Waals surface area contributed by atoms with Gasteiger partial charge in [0, 0.05) is 11.6 Å². The fraction of sp³-hybridized carbons (Fsp3) is 0.500. The minimum atomic E-state index is -3.58. The van der Waals surface area contributed by atoms with Gasteiger partial charge in [-0.2, -0.15) is 0 Å². The van der Waals surface area contributed by atoms with E-state index in [1.807, 2.05) is 6.92 Å². The van der Waals surface area contributed by atoms with E-state index in [9.17, 15) is 8.42 Å². The molecule has 0 aromatic heterocycles. The number of nitrogens with one attached hydrogen (secondary N) is 1. The number of ether oxygens (including phenoxy) is 1. The fourth-order valence-corrected chi connectivity index (χ4v) is 5.06. The van der Waals surface area contributed by atoms with Crippen molar-refractivity contribution in [2.75, 3.05) is 26.7 Å². The molecule has 1 aromatic rings. The van der Waals surface area contributed by atoms with Crippen molar-refractivity contribution in [3.8, 4) is 5.75 Å². The van der Waals surface area contributed by atoms with Crippen molar-refractivity contribution in [1.82, 2.24) is 9.62 Å². The highest BCUT2D eigenvalue weighted by Crippen LogP contribution is 2.31. The monoisotopic (exact) mass is 363 g/mol. The van der Waals surface area contributed by atoms with E-state index in [0.29, 0.717) is 40.2 Å². The summed E-state index contributed by atoms with van der Waals surface area (Å²) in [5.74, 6) is 1.16. The molecule has 1 unspecified atom stereocenters. The number of hydrogen-bond donors (Lipinski definition) is 1. The molecule has 7 heteroatoms. The van der Waals surface area contributed by atoms with Crippen LogP contribution < -0.4 is 9.46 Å². The van der Waals surface area contributed by atoms with Gasteiger partial charge in [-0.1, -0.05) is 6.92 Å². The summed E-state index contributed by atoms with van der Waals surface area (Å²) >= 11 is 0. The van der Waals surface area contributed by atoms with Gasteiger partial charge >= 0.3 is 0 Å². The third kappa shape index (κ3) is 3.57. The Labute approximate surface area is 149 Å². The lowest BCUT2D eigenvalue weighted by atomic mass is 10.1. The first-order valence-electron chi connectivity index (χ1n) is 8.63. The van der Waals surface area contributed by atoms with Crippen LogP contribution in [0.3, 0.4) is 0 Å². The van der Waals surface area contributed by atoms with Crippen LogP contribution in [0.2, 0.25) is 0 Å². The smallest absolute Gasteiger partial charge is 0.264 e. The van der Waals surface area contributed by atoms with E-state index >= 15 is 0 Å². The molecule has 6 nitrogen and oxygen atoms in total. The van der Waals surface area contributed by atoms with Crippen molar-refractivity contribution >= 4 is 20.8 Å². The minimum absolute atomic E-state index is 0.299. The largest absolute Gasteiger partial charge is 0.497 e. The minimum Gasteiger partial charge on any atom is -0.497 e. The van der Waals surface area contributed by atoms with E-state index in [4.69, 9.17) is 4.74 Å². The highest BCUT2D eigenvalue weighted by atomic mass is 32.2. The highest BCUT2D eigenvalue weighted by molar-refractivity contribution is 8.00. The zero-order chi connectivity index (χ0) is 18.0. The second kappa shape index (κ2) is 7.17. The topological polar surface area (TPSA) is 71.0 Å². The summed E-state index contributed by atoms with van der Waals surface area (Å²) in [5.41, 5.74) is 1.32. The van der Waals surface area contributed by atoms with Gasteiger partial charge in [0.1, 0.15) is 16.5 Å². The summed E-state index contributed by atoms with van der Waals surface area (Å²) in [6.45, 7) is 6.69. The summed E-state index contributed by atoms with van der Waals surface area (Å²) < 4.78 is 32.9. The van der Waals surface area contributed by atoms with Gasteiger partial charge in [0.2, 0.25) is 0 Å². The molecule has 1 fully saturated rings. The van der Waals surface area contributed by atoms with E-state index in [0.717, 1.165) is 19.5 Å². The first-order chi connectivity index (χ1) is 12.0. The SMILES string of the molecule is CCN1CCCC1CN=C1NS(=O)(=O)C(c2ccc(OC)cc2)=C1C. The van der Waals surface area contributed by atoms with Crippen LogP contribution in [0.1, 0.15) is 32.3 Å². The molecule has 0 saturated carbocycles. The lowest BCUT2D eigenvalue weighted by molar-refractivity contribution is 0.273. The highest BCUT2D eigenvalue weighted by Gasteiger charge is 2.33. The summed E-state index contributed by atoms with van der Waals surface area (Å²) in [7, 11) is -1.99. The molecule has 2 aliphatic rings. The lowest BCUT2D eigenvalue weighted by Crippen LogP contribution is -2.32. The van der Waals surface area contributed by atoms with Crippen molar-refractivity contribution < 1.29 is 13.2 Å². The molecule has 2 heterocycles. The van der Waals surface area contributed by atoms with Crippen LogP contribution in [0.5, 0.6) is 5.75 Å². The number of likely N-dealkylation sites (tertiary alicyclic amines) is 1. The average Bonchev–Trinajstić information content (AvgIpc) is 3.14. The molecule has 1 N–H and O–H groups in total. The molecule has 0 aliphatic carbocycles. The maximum Gasteiger partial charge on any atom is 0.264 e. The van der Waals surface area contributed by atoms with E-state index in [1.54, 1.807) is 31.4 Å². The van der Waals surface area contributed by atoms with Gasteiger partial charge in [-0.25, -0.2) is 8.42 Å². The third-order valence-corrected chi connectivity index (χ3v) is 6.45. The number of nitrogens with zero attached hydrogens (tertiary/aromatic N) is 2. The Morgan fingerprint density at radius 2 is 2.04 bits per heavy atom. The van der Waals surface area contributed by atoms with Gasteiger partial charge in [0.25, 0.3) is 10.0 Å². The fourth-order valence-electron chi connectivity index (χ4n) is 3.54. The standard InChI is InChI=1S/C18H25N3O3S/c1-4-21-11-5-6-15(21)12-19-18-13(2)17(25(22,23)20-18)14-7-9-16(24-3)10-8-14/h7-10,15H,4-6,11-12H2,1-3H3,(H,19,20). The molecule has 0 bridgehead atoms. The van der Waals surface area contributed by atoms with Gasteiger partial charge in [0.15, 0.2) is 0 Å². The van der Waals surface area contributed by atoms with Gasteiger partial charge in [0.05, 0.1) is 13.7 Å². The average molecular weight is 363 g/mol. The Kier molecular flexibility index (Phi) is 5.15. The number of likely N-dealkylation sites (N-methyl/N-ethyl adjacent to an activating group) is 1. The zero-order valence-corrected chi connectivity index (χ0v) is 15.8. The van der Waals surface area contributed by atoms with E-state index < -0.39 is 10.0 Å². The molecular formula is C18H25N3O3S. The summed E-state index contributed by atoms with van der Waals surface area (Å²) in [6.07, 6.45) is 2.30. The van der Waals surface area contributed by atoms with Crippen molar-refractivity contribution in [1.29, 1.82) is 0 Å². The maximum atomic E-state index is 12.6. The molecule has 136 valence electrons. The number of sulfonamides is 1. The van der Waals surface area contributed by atoms with Crippen molar-refractivity contribution in [2.45, 2.75) is 32.7 Å². The Balaban J connectivity index is 1.87. The first-order valence-corrected chi connectivity index (χ1v) is 10.1. The lowest BCUT2D eigenvalue weighted by Gasteiger charge is -2.20. The second-order valence-electron chi connectivity index (χ2n) is 6.40. The van der Waals surface area contributed by atoms with Crippen molar-refractivity contribution in [3.05, 3.63) is 35.4 Å². The Morgan fingerprint density at radius 1 is 1.32 bits per heavy atom. The number of aliphatic imine (C=N–C) groups is 1. The second-order valence-corrected chi connectivity index (χ2v) is 8.02. The number of amidine groups is 1. The molecular weight excluding hydrogens is 338 g/mol. The van der Waals surface area contributed by atoms with Crippen LogP contribution in [-0.2, 0) is 10.0 Å². The molecule has 3 rings (SSSR count). The Morgan fingerprint density at radius 3 is 2.68 bits per heavy atom. The van der Waals surface area contributed by atoms with E-state index in [1.165, 1.54) is 6.42 Å². The molecule has 1 aromatic carbocycles. The van der Waals surface area contributed by atoms with Gasteiger partial charge in [-0.3, -0.25) is 14.6 Å². The first kappa shape index (κ1) is 17.9. The summed E-state index contributed by atoms with van der Waals surface area (Å²) in [5, 5.41) is 0. The third-order valence-electron chi connectivity index (χ3n) is 4.91. The van der Waals surface area contributed by atoms with E-state index in [-0.39, 0.29) is 0 Å². The Bertz CT molecular complexity index is 797. The van der Waals surface area contributed by atoms with Crippen LogP contribution in [0.4, 0.5) is 0 Å². The predicted molar refractivity (Wildman–Crippen MR) is 100 cm³/mol. The maximum absolute atomic E-state index is 12.6.